The lowest BCUT2D eigenvalue weighted by Crippen LogP contribution is -2.48. The van der Waals surface area contributed by atoms with Crippen molar-refractivity contribution in [1.82, 2.24) is 10.2 Å². The maximum absolute atomic E-state index is 12.0. The third-order valence-electron chi connectivity index (χ3n) is 3.28. The molecule has 2 aliphatic rings. The van der Waals surface area contributed by atoms with Gasteiger partial charge in [-0.1, -0.05) is 0 Å². The predicted molar refractivity (Wildman–Crippen MR) is 67.5 cm³/mol. The van der Waals surface area contributed by atoms with Crippen LogP contribution in [0.25, 0.3) is 0 Å². The molecule has 1 N–H and O–H groups in total. The van der Waals surface area contributed by atoms with Gasteiger partial charge in [-0.2, -0.15) is 0 Å². The van der Waals surface area contributed by atoms with Crippen molar-refractivity contribution in [2.45, 2.75) is 32.0 Å². The van der Waals surface area contributed by atoms with Crippen LogP contribution in [0.2, 0.25) is 0 Å². The molecule has 1 aromatic heterocycles. The molecule has 3 heterocycles. The topological polar surface area (TPSA) is 32.3 Å². The summed E-state index contributed by atoms with van der Waals surface area (Å²) in [5.74, 6) is 0.0892. The zero-order chi connectivity index (χ0) is 11.1. The zero-order valence-corrected chi connectivity index (χ0v) is 11.2. The minimum atomic E-state index is 0.0892. The predicted octanol–water partition coefficient (Wildman–Crippen LogP) is 2.57. The Labute approximate surface area is 107 Å². The SMILES string of the molecule is O=C1NC2CCCCN2Cc2sc(Br)cc21. The third-order valence-corrected chi connectivity index (χ3v) is 4.90. The Balaban J connectivity index is 1.95. The van der Waals surface area contributed by atoms with Crippen molar-refractivity contribution >= 4 is 33.2 Å². The molecule has 16 heavy (non-hydrogen) atoms. The Morgan fingerprint density at radius 3 is 3.25 bits per heavy atom. The Bertz CT molecular complexity index is 432. The molecule has 1 atom stereocenters. The van der Waals surface area contributed by atoms with Crippen LogP contribution in [0.4, 0.5) is 0 Å². The molecule has 1 amide bonds. The molecule has 0 bridgehead atoms. The molecule has 0 radical (unpaired) electrons. The van der Waals surface area contributed by atoms with E-state index in [1.165, 1.54) is 17.7 Å². The number of carbonyl (C=O) groups excluding carboxylic acids is 1. The van der Waals surface area contributed by atoms with Crippen molar-refractivity contribution in [3.05, 3.63) is 20.3 Å². The van der Waals surface area contributed by atoms with Crippen molar-refractivity contribution in [3.8, 4) is 0 Å². The van der Waals surface area contributed by atoms with Crippen LogP contribution in [-0.4, -0.2) is 23.5 Å². The van der Waals surface area contributed by atoms with Gasteiger partial charge in [0.25, 0.3) is 5.91 Å². The molecular formula is C11H13BrN2OS. The minimum absolute atomic E-state index is 0.0892. The average molecular weight is 301 g/mol. The van der Waals surface area contributed by atoms with Gasteiger partial charge >= 0.3 is 0 Å². The fourth-order valence-corrected chi connectivity index (χ4v) is 4.18. The van der Waals surface area contributed by atoms with Crippen molar-refractivity contribution in [2.24, 2.45) is 0 Å². The van der Waals surface area contributed by atoms with Crippen LogP contribution in [0.1, 0.15) is 34.5 Å². The van der Waals surface area contributed by atoms with Gasteiger partial charge in [-0.05, 0) is 41.3 Å². The van der Waals surface area contributed by atoms with Gasteiger partial charge in [0, 0.05) is 18.0 Å². The Hall–Kier alpha value is -0.390. The molecule has 1 unspecified atom stereocenters. The van der Waals surface area contributed by atoms with Crippen LogP contribution in [0, 0.1) is 0 Å². The lowest BCUT2D eigenvalue weighted by Gasteiger charge is -2.33. The zero-order valence-electron chi connectivity index (χ0n) is 8.83. The van der Waals surface area contributed by atoms with Gasteiger partial charge < -0.3 is 5.32 Å². The van der Waals surface area contributed by atoms with E-state index in [0.29, 0.717) is 0 Å². The van der Waals surface area contributed by atoms with Gasteiger partial charge in [0.15, 0.2) is 0 Å². The quantitative estimate of drug-likeness (QED) is 0.799. The highest BCUT2D eigenvalue weighted by atomic mass is 79.9. The fraction of sp³-hybridized carbons (Fsp3) is 0.545. The number of nitrogens with zero attached hydrogens (tertiary/aromatic N) is 1. The second-order valence-corrected chi connectivity index (χ2v) is 6.86. The first kappa shape index (κ1) is 10.7. The highest BCUT2D eigenvalue weighted by Crippen LogP contribution is 2.32. The Morgan fingerprint density at radius 2 is 2.38 bits per heavy atom. The third kappa shape index (κ3) is 1.81. The summed E-state index contributed by atoms with van der Waals surface area (Å²) in [6.07, 6.45) is 3.80. The summed E-state index contributed by atoms with van der Waals surface area (Å²) in [4.78, 5) is 15.6. The molecule has 2 aliphatic heterocycles. The van der Waals surface area contributed by atoms with Crippen LogP contribution in [-0.2, 0) is 6.54 Å². The molecule has 1 saturated heterocycles. The molecule has 5 heteroatoms. The molecule has 1 fully saturated rings. The minimum Gasteiger partial charge on any atom is -0.336 e. The first-order valence-corrected chi connectivity index (χ1v) is 7.18. The summed E-state index contributed by atoms with van der Waals surface area (Å²) in [7, 11) is 0. The fourth-order valence-electron chi connectivity index (χ4n) is 2.46. The number of thiophene rings is 1. The van der Waals surface area contributed by atoms with E-state index < -0.39 is 0 Å². The number of rotatable bonds is 0. The van der Waals surface area contributed by atoms with Crippen molar-refractivity contribution < 1.29 is 4.79 Å². The Morgan fingerprint density at radius 1 is 1.50 bits per heavy atom. The average Bonchev–Trinajstić information content (AvgIpc) is 2.57. The van der Waals surface area contributed by atoms with Crippen LogP contribution in [0.5, 0.6) is 0 Å². The summed E-state index contributed by atoms with van der Waals surface area (Å²) < 4.78 is 1.04. The summed E-state index contributed by atoms with van der Waals surface area (Å²) in [5, 5.41) is 3.12. The largest absolute Gasteiger partial charge is 0.336 e. The van der Waals surface area contributed by atoms with Gasteiger partial charge in [-0.3, -0.25) is 9.69 Å². The maximum atomic E-state index is 12.0. The van der Waals surface area contributed by atoms with Gasteiger partial charge in [0.05, 0.1) is 15.5 Å². The van der Waals surface area contributed by atoms with E-state index in [1.807, 2.05) is 6.07 Å². The van der Waals surface area contributed by atoms with E-state index in [-0.39, 0.29) is 12.1 Å². The van der Waals surface area contributed by atoms with Crippen LogP contribution in [0.15, 0.2) is 9.85 Å². The molecule has 0 aliphatic carbocycles. The second-order valence-electron chi connectivity index (χ2n) is 4.34. The number of carbonyl (C=O) groups is 1. The monoisotopic (exact) mass is 300 g/mol. The van der Waals surface area contributed by atoms with Gasteiger partial charge in [-0.15, -0.1) is 11.3 Å². The van der Waals surface area contributed by atoms with Crippen molar-refractivity contribution in [1.29, 1.82) is 0 Å². The number of halogens is 1. The molecule has 3 nitrogen and oxygen atoms in total. The summed E-state index contributed by atoms with van der Waals surface area (Å²) >= 11 is 5.13. The van der Waals surface area contributed by atoms with E-state index in [0.717, 1.165) is 28.9 Å². The number of hydrogen-bond donors (Lipinski definition) is 1. The highest BCUT2D eigenvalue weighted by molar-refractivity contribution is 9.11. The summed E-state index contributed by atoms with van der Waals surface area (Å²) in [5.41, 5.74) is 0.853. The van der Waals surface area contributed by atoms with E-state index >= 15 is 0 Å². The number of amides is 1. The summed E-state index contributed by atoms with van der Waals surface area (Å²) in [6.45, 7) is 2.01. The molecule has 0 aromatic carbocycles. The molecule has 3 rings (SSSR count). The van der Waals surface area contributed by atoms with Crippen LogP contribution >= 0.6 is 27.3 Å². The van der Waals surface area contributed by atoms with Gasteiger partial charge in [-0.25, -0.2) is 0 Å². The smallest absolute Gasteiger partial charge is 0.253 e. The van der Waals surface area contributed by atoms with Crippen LogP contribution in [0.3, 0.4) is 0 Å². The number of hydrogen-bond acceptors (Lipinski definition) is 3. The van der Waals surface area contributed by atoms with Crippen molar-refractivity contribution in [2.75, 3.05) is 6.54 Å². The molecule has 0 saturated carbocycles. The lowest BCUT2D eigenvalue weighted by molar-refractivity contribution is 0.0796. The first-order valence-electron chi connectivity index (χ1n) is 5.57. The van der Waals surface area contributed by atoms with E-state index in [4.69, 9.17) is 0 Å². The number of piperidine rings is 1. The van der Waals surface area contributed by atoms with Gasteiger partial charge in [0.2, 0.25) is 0 Å². The number of fused-ring (bicyclic) bond motifs is 2. The maximum Gasteiger partial charge on any atom is 0.253 e. The van der Waals surface area contributed by atoms with E-state index in [2.05, 4.69) is 26.1 Å². The van der Waals surface area contributed by atoms with Gasteiger partial charge in [0.1, 0.15) is 0 Å². The molecular weight excluding hydrogens is 288 g/mol. The molecule has 0 spiro atoms. The summed E-state index contributed by atoms with van der Waals surface area (Å²) in [6, 6.07) is 1.94. The van der Waals surface area contributed by atoms with E-state index in [1.54, 1.807) is 11.3 Å². The normalized spacial score (nSPS) is 25.6. The lowest BCUT2D eigenvalue weighted by atomic mass is 10.1. The Kier molecular flexibility index (Phi) is 2.77. The number of nitrogens with one attached hydrogen (secondary N) is 1. The van der Waals surface area contributed by atoms with E-state index in [9.17, 15) is 4.79 Å². The highest BCUT2D eigenvalue weighted by Gasteiger charge is 2.30. The first-order chi connectivity index (χ1) is 7.74. The van der Waals surface area contributed by atoms with Crippen molar-refractivity contribution in [3.63, 3.8) is 0 Å². The standard InChI is InChI=1S/C11H13BrN2OS/c12-9-5-7-8(16-9)6-14-4-2-1-3-10(14)13-11(7)15/h5,10H,1-4,6H2,(H,13,15). The van der Waals surface area contributed by atoms with Crippen LogP contribution < -0.4 is 5.32 Å². The molecule has 1 aromatic rings. The second kappa shape index (κ2) is 4.13. The molecule has 86 valence electrons.